The van der Waals surface area contributed by atoms with Crippen LogP contribution in [-0.4, -0.2) is 17.3 Å². The van der Waals surface area contributed by atoms with Gasteiger partial charge in [0.05, 0.1) is 11.2 Å². The van der Waals surface area contributed by atoms with E-state index in [0.29, 0.717) is 6.07 Å². The molecule has 0 aliphatic rings. The Balaban J connectivity index is 2.97. The number of pyridine rings is 1. The zero-order valence-corrected chi connectivity index (χ0v) is 11.9. The molecule has 2 nitrogen and oxygen atoms in total. The molecule has 0 radical (unpaired) electrons. The van der Waals surface area contributed by atoms with Gasteiger partial charge in [0.25, 0.3) is 0 Å². The molecule has 10 heteroatoms. The fraction of sp³-hybridized carbons (Fsp3) is 0.250. The lowest BCUT2D eigenvalue weighted by Gasteiger charge is -2.31. The van der Waals surface area contributed by atoms with Crippen LogP contribution in [-0.2, 0) is 5.67 Å². The minimum atomic E-state index is -6.22. The quantitative estimate of drug-likeness (QED) is 0.557. The molecule has 120 valence electrons. The highest BCUT2D eigenvalue weighted by molar-refractivity contribution is 9.10. The number of rotatable bonds is 1. The van der Waals surface area contributed by atoms with Crippen molar-refractivity contribution in [1.29, 1.82) is 0 Å². The molecule has 0 aliphatic carbocycles. The Bertz CT molecular complexity index is 710. The summed E-state index contributed by atoms with van der Waals surface area (Å²) in [5.41, 5.74) is -2.60. The molecular weight excluding hydrogens is 385 g/mol. The number of nitrogens with zero attached hydrogens (tertiary/aromatic N) is 1. The van der Waals surface area contributed by atoms with Gasteiger partial charge in [-0.05, 0) is 34.1 Å². The van der Waals surface area contributed by atoms with Crippen molar-refractivity contribution in [3.63, 3.8) is 0 Å². The lowest BCUT2D eigenvalue weighted by molar-refractivity contribution is -0.348. The van der Waals surface area contributed by atoms with Crippen LogP contribution >= 0.6 is 15.9 Å². The van der Waals surface area contributed by atoms with Crippen LogP contribution in [0, 0.1) is 0 Å². The second-order valence-corrected chi connectivity index (χ2v) is 5.23. The smallest absolute Gasteiger partial charge is 0.397 e. The van der Waals surface area contributed by atoms with Gasteiger partial charge < -0.3 is 5.73 Å². The Morgan fingerprint density at radius 2 is 1.55 bits per heavy atom. The number of alkyl halides is 7. The molecule has 0 atom stereocenters. The first-order valence-corrected chi connectivity index (χ1v) is 6.36. The number of nitrogens with two attached hydrogens (primary N) is 1. The van der Waals surface area contributed by atoms with Crippen LogP contribution in [0.1, 0.15) is 5.56 Å². The van der Waals surface area contributed by atoms with E-state index in [2.05, 4.69) is 20.9 Å². The molecule has 2 rings (SSSR count). The molecule has 0 unspecified atom stereocenters. The Kier molecular flexibility index (Phi) is 3.79. The lowest BCUT2D eigenvalue weighted by Crippen LogP contribution is -2.50. The molecule has 1 heterocycles. The molecule has 2 aromatic rings. The fourth-order valence-corrected chi connectivity index (χ4v) is 2.41. The Labute approximate surface area is 127 Å². The topological polar surface area (TPSA) is 38.9 Å². The first-order valence-electron chi connectivity index (χ1n) is 5.57. The summed E-state index contributed by atoms with van der Waals surface area (Å²) >= 11 is 2.74. The number of halogens is 8. The van der Waals surface area contributed by atoms with E-state index in [0.717, 1.165) is 12.3 Å². The maximum atomic E-state index is 14.2. The summed E-state index contributed by atoms with van der Waals surface area (Å²) in [5.74, 6) is 0. The van der Waals surface area contributed by atoms with Gasteiger partial charge in [0, 0.05) is 21.6 Å². The number of anilines is 1. The molecule has 0 aliphatic heterocycles. The third-order valence-electron chi connectivity index (χ3n) is 3.03. The van der Waals surface area contributed by atoms with Crippen molar-refractivity contribution in [1.82, 2.24) is 4.98 Å². The summed E-state index contributed by atoms with van der Waals surface area (Å²) in [6, 6.07) is 2.76. The predicted molar refractivity (Wildman–Crippen MR) is 68.8 cm³/mol. The van der Waals surface area contributed by atoms with Crippen LogP contribution in [0.4, 0.5) is 36.4 Å². The summed E-state index contributed by atoms with van der Waals surface area (Å²) in [4.78, 5) is 3.44. The van der Waals surface area contributed by atoms with E-state index in [-0.39, 0.29) is 15.5 Å². The molecule has 0 fully saturated rings. The summed E-state index contributed by atoms with van der Waals surface area (Å²) < 4.78 is 91.2. The van der Waals surface area contributed by atoms with Crippen LogP contribution in [0.3, 0.4) is 0 Å². The molecule has 0 bridgehead atoms. The lowest BCUT2D eigenvalue weighted by atomic mass is 9.91. The third kappa shape index (κ3) is 2.29. The summed E-state index contributed by atoms with van der Waals surface area (Å²) in [6.07, 6.45) is -11.5. The van der Waals surface area contributed by atoms with Crippen LogP contribution in [0.25, 0.3) is 10.9 Å². The number of nitrogen functional groups attached to an aromatic ring is 1. The highest BCUT2D eigenvalue weighted by atomic mass is 79.9. The van der Waals surface area contributed by atoms with E-state index in [4.69, 9.17) is 5.73 Å². The minimum absolute atomic E-state index is 0.140. The van der Waals surface area contributed by atoms with Gasteiger partial charge >= 0.3 is 18.0 Å². The molecule has 2 N–H and O–H groups in total. The van der Waals surface area contributed by atoms with Gasteiger partial charge in [-0.2, -0.15) is 26.3 Å². The van der Waals surface area contributed by atoms with Crippen molar-refractivity contribution in [2.24, 2.45) is 0 Å². The van der Waals surface area contributed by atoms with E-state index in [1.165, 1.54) is 6.07 Å². The van der Waals surface area contributed by atoms with Crippen molar-refractivity contribution in [2.75, 3.05) is 5.73 Å². The first kappa shape index (κ1) is 16.8. The van der Waals surface area contributed by atoms with E-state index >= 15 is 0 Å². The van der Waals surface area contributed by atoms with Crippen LogP contribution in [0.15, 0.2) is 28.9 Å². The molecule has 0 spiro atoms. The highest BCUT2D eigenvalue weighted by Gasteiger charge is 2.74. The fourth-order valence-electron chi connectivity index (χ4n) is 1.97. The van der Waals surface area contributed by atoms with Crippen LogP contribution < -0.4 is 5.73 Å². The summed E-state index contributed by atoms with van der Waals surface area (Å²) in [5, 5.41) is -0.220. The molecular formula is C12H6BrF7N2. The van der Waals surface area contributed by atoms with Gasteiger partial charge in [0.15, 0.2) is 0 Å². The molecule has 1 aromatic heterocycles. The van der Waals surface area contributed by atoms with Crippen LogP contribution in [0.2, 0.25) is 0 Å². The maximum Gasteiger partial charge on any atom is 0.436 e. The molecule has 22 heavy (non-hydrogen) atoms. The van der Waals surface area contributed by atoms with Crippen molar-refractivity contribution >= 4 is 32.5 Å². The Morgan fingerprint density at radius 3 is 2.05 bits per heavy atom. The standard InChI is InChI=1S/C12H6BrF7N2/c13-7-4-6(9-5(8(7)21)2-1-3-22-9)10(14,11(15,16)17)12(18,19)20/h1-4H,21H2. The second kappa shape index (κ2) is 4.97. The SMILES string of the molecule is Nc1c(Br)cc(C(F)(C(F)(F)F)C(F)(F)F)c2ncccc12. The minimum Gasteiger partial charge on any atom is -0.397 e. The summed E-state index contributed by atoms with van der Waals surface area (Å²) in [7, 11) is 0. The highest BCUT2D eigenvalue weighted by Crippen LogP contribution is 2.55. The zero-order valence-electron chi connectivity index (χ0n) is 10.4. The normalized spacial score (nSPS) is 13.6. The number of benzene rings is 1. The molecule has 0 amide bonds. The average molecular weight is 391 g/mol. The van der Waals surface area contributed by atoms with Gasteiger partial charge in [-0.1, -0.05) is 0 Å². The second-order valence-electron chi connectivity index (χ2n) is 4.37. The Hall–Kier alpha value is -1.58. The van der Waals surface area contributed by atoms with Gasteiger partial charge in [-0.25, -0.2) is 4.39 Å². The van der Waals surface area contributed by atoms with E-state index in [1.807, 2.05) is 0 Å². The van der Waals surface area contributed by atoms with E-state index < -0.39 is 29.1 Å². The van der Waals surface area contributed by atoms with Crippen LogP contribution in [0.5, 0.6) is 0 Å². The maximum absolute atomic E-state index is 14.2. The monoisotopic (exact) mass is 390 g/mol. The molecule has 0 saturated carbocycles. The Morgan fingerprint density at radius 1 is 1.00 bits per heavy atom. The van der Waals surface area contributed by atoms with Crippen molar-refractivity contribution < 1.29 is 30.7 Å². The molecule has 0 saturated heterocycles. The van der Waals surface area contributed by atoms with E-state index in [9.17, 15) is 30.7 Å². The number of hydrogen-bond donors (Lipinski definition) is 1. The third-order valence-corrected chi connectivity index (χ3v) is 3.69. The van der Waals surface area contributed by atoms with Gasteiger partial charge in [-0.3, -0.25) is 4.98 Å². The van der Waals surface area contributed by atoms with Crippen molar-refractivity contribution in [2.45, 2.75) is 18.0 Å². The first-order chi connectivity index (χ1) is 9.91. The number of fused-ring (bicyclic) bond motifs is 1. The zero-order chi connectivity index (χ0) is 16.9. The van der Waals surface area contributed by atoms with Crippen molar-refractivity contribution in [3.05, 3.63) is 34.4 Å². The average Bonchev–Trinajstić information content (AvgIpc) is 2.39. The van der Waals surface area contributed by atoms with Gasteiger partial charge in [0.1, 0.15) is 0 Å². The predicted octanol–water partition coefficient (Wildman–Crippen LogP) is 4.87. The van der Waals surface area contributed by atoms with Gasteiger partial charge in [0.2, 0.25) is 0 Å². The van der Waals surface area contributed by atoms with Crippen molar-refractivity contribution in [3.8, 4) is 0 Å². The van der Waals surface area contributed by atoms with Gasteiger partial charge in [-0.15, -0.1) is 0 Å². The molecule has 1 aromatic carbocycles. The van der Waals surface area contributed by atoms with E-state index in [1.54, 1.807) is 0 Å². The number of hydrogen-bond acceptors (Lipinski definition) is 2. The summed E-state index contributed by atoms with van der Waals surface area (Å²) in [6.45, 7) is 0. The number of aromatic nitrogens is 1. The largest absolute Gasteiger partial charge is 0.436 e.